The van der Waals surface area contributed by atoms with Gasteiger partial charge in [0, 0.05) is 18.0 Å². The molecule has 0 aliphatic heterocycles. The van der Waals surface area contributed by atoms with Gasteiger partial charge in [-0.1, -0.05) is 6.92 Å². The Morgan fingerprint density at radius 3 is 2.76 bits per heavy atom. The predicted molar refractivity (Wildman–Crippen MR) is 80.9 cm³/mol. The lowest BCUT2D eigenvalue weighted by Gasteiger charge is -2.07. The van der Waals surface area contributed by atoms with Crippen molar-refractivity contribution in [3.8, 4) is 17.0 Å². The van der Waals surface area contributed by atoms with E-state index in [1.807, 2.05) is 0 Å². The van der Waals surface area contributed by atoms with Gasteiger partial charge < -0.3 is 15.0 Å². The number of aromatic nitrogens is 2. The minimum Gasteiger partial charge on any atom is -0.494 e. The number of methoxy groups -OCH3 is 1. The Kier molecular flexibility index (Phi) is 3.57. The smallest absolute Gasteiger partial charge is 0.165 e. The first kappa shape index (κ1) is 13.9. The molecule has 4 nitrogen and oxygen atoms in total. The molecule has 0 spiro atoms. The number of nitrogen functional groups attached to an aromatic ring is 1. The molecule has 1 aliphatic carbocycles. The third-order valence-electron chi connectivity index (χ3n) is 3.83. The Bertz CT molecular complexity index is 662. The van der Waals surface area contributed by atoms with Gasteiger partial charge in [-0.15, -0.1) is 0 Å². The molecule has 1 saturated carbocycles. The molecule has 112 valence electrons. The molecule has 1 heterocycles. The fourth-order valence-corrected chi connectivity index (χ4v) is 2.66. The highest BCUT2D eigenvalue weighted by Crippen LogP contribution is 2.41. The number of hydrogen-bond acceptors (Lipinski definition) is 3. The van der Waals surface area contributed by atoms with Crippen LogP contribution in [0.1, 0.15) is 38.1 Å². The zero-order chi connectivity index (χ0) is 15.0. The van der Waals surface area contributed by atoms with Gasteiger partial charge in [-0.2, -0.15) is 0 Å². The number of aryl methyl sites for hydroxylation is 1. The highest BCUT2D eigenvalue weighted by Gasteiger charge is 2.29. The van der Waals surface area contributed by atoms with Crippen molar-refractivity contribution in [1.82, 2.24) is 9.55 Å². The van der Waals surface area contributed by atoms with Gasteiger partial charge in [0.05, 0.1) is 7.11 Å². The summed E-state index contributed by atoms with van der Waals surface area (Å²) in [4.78, 5) is 4.66. The zero-order valence-corrected chi connectivity index (χ0v) is 12.4. The van der Waals surface area contributed by atoms with Crippen LogP contribution in [0, 0.1) is 5.82 Å². The molecule has 1 aliphatic rings. The second kappa shape index (κ2) is 5.39. The van der Waals surface area contributed by atoms with E-state index in [1.54, 1.807) is 12.1 Å². The van der Waals surface area contributed by atoms with E-state index in [2.05, 4.69) is 16.5 Å². The summed E-state index contributed by atoms with van der Waals surface area (Å²) in [6.07, 6.45) is 4.19. The molecule has 1 fully saturated rings. The van der Waals surface area contributed by atoms with Crippen LogP contribution in [0.3, 0.4) is 0 Å². The summed E-state index contributed by atoms with van der Waals surface area (Å²) in [7, 11) is 1.45. The van der Waals surface area contributed by atoms with Crippen LogP contribution < -0.4 is 10.5 Å². The summed E-state index contributed by atoms with van der Waals surface area (Å²) in [5, 5.41) is 0. The topological polar surface area (TPSA) is 53.1 Å². The average Bonchev–Trinajstić information content (AvgIpc) is 3.24. The SMILES string of the molecule is CCCc1nc(-c2ccc(OC)c(F)c2)c(N)n1C1CC1. The summed E-state index contributed by atoms with van der Waals surface area (Å²) in [5.74, 6) is 1.48. The molecule has 1 aromatic carbocycles. The van der Waals surface area contributed by atoms with Gasteiger partial charge in [0.2, 0.25) is 0 Å². The maximum atomic E-state index is 13.9. The number of imidazole rings is 1. The highest BCUT2D eigenvalue weighted by molar-refractivity contribution is 5.72. The standard InChI is InChI=1S/C16H20FN3O/c1-3-4-14-19-15(16(18)20(14)11-6-7-11)10-5-8-13(21-2)12(17)9-10/h5,8-9,11H,3-4,6-7,18H2,1-2H3. The van der Waals surface area contributed by atoms with Crippen molar-refractivity contribution in [2.75, 3.05) is 12.8 Å². The first-order valence-corrected chi connectivity index (χ1v) is 7.36. The third-order valence-corrected chi connectivity index (χ3v) is 3.83. The second-order valence-corrected chi connectivity index (χ2v) is 5.46. The van der Waals surface area contributed by atoms with E-state index < -0.39 is 5.82 Å². The Hall–Kier alpha value is -2.04. The van der Waals surface area contributed by atoms with Crippen molar-refractivity contribution in [2.45, 2.75) is 38.6 Å². The molecule has 21 heavy (non-hydrogen) atoms. The molecule has 5 heteroatoms. The van der Waals surface area contributed by atoms with Crippen LogP contribution in [0.25, 0.3) is 11.3 Å². The number of nitrogens with zero attached hydrogens (tertiary/aromatic N) is 2. The molecule has 0 bridgehead atoms. The van der Waals surface area contributed by atoms with E-state index in [9.17, 15) is 4.39 Å². The molecule has 2 N–H and O–H groups in total. The van der Waals surface area contributed by atoms with Gasteiger partial charge in [0.15, 0.2) is 11.6 Å². The molecule has 1 aromatic heterocycles. The van der Waals surface area contributed by atoms with Gasteiger partial charge in [-0.05, 0) is 37.5 Å². The van der Waals surface area contributed by atoms with Crippen molar-refractivity contribution >= 4 is 5.82 Å². The number of halogens is 1. The van der Waals surface area contributed by atoms with Crippen LogP contribution in [-0.4, -0.2) is 16.7 Å². The quantitative estimate of drug-likeness (QED) is 0.915. The Morgan fingerprint density at radius 1 is 1.43 bits per heavy atom. The van der Waals surface area contributed by atoms with Crippen LogP contribution in [0.5, 0.6) is 5.75 Å². The number of ether oxygens (including phenoxy) is 1. The maximum Gasteiger partial charge on any atom is 0.165 e. The summed E-state index contributed by atoms with van der Waals surface area (Å²) in [6.45, 7) is 2.12. The van der Waals surface area contributed by atoms with Crippen LogP contribution in [-0.2, 0) is 6.42 Å². The fourth-order valence-electron chi connectivity index (χ4n) is 2.66. The number of nitrogens with two attached hydrogens (primary N) is 1. The van der Waals surface area contributed by atoms with Crippen LogP contribution in [0.4, 0.5) is 10.2 Å². The Labute approximate surface area is 123 Å². The van der Waals surface area contributed by atoms with Crippen molar-refractivity contribution in [2.24, 2.45) is 0 Å². The largest absolute Gasteiger partial charge is 0.494 e. The van der Waals surface area contributed by atoms with E-state index in [0.717, 1.165) is 31.5 Å². The Morgan fingerprint density at radius 2 is 2.19 bits per heavy atom. The molecule has 3 rings (SSSR count). The minimum atomic E-state index is -0.396. The van der Waals surface area contributed by atoms with E-state index in [0.29, 0.717) is 23.1 Å². The van der Waals surface area contributed by atoms with Crippen molar-refractivity contribution < 1.29 is 9.13 Å². The van der Waals surface area contributed by atoms with Crippen LogP contribution in [0.2, 0.25) is 0 Å². The lowest BCUT2D eigenvalue weighted by Crippen LogP contribution is -2.05. The predicted octanol–water partition coefficient (Wildman–Crippen LogP) is 3.57. The summed E-state index contributed by atoms with van der Waals surface area (Å²) in [5.41, 5.74) is 7.64. The van der Waals surface area contributed by atoms with Crippen molar-refractivity contribution in [3.63, 3.8) is 0 Å². The summed E-state index contributed by atoms with van der Waals surface area (Å²) < 4.78 is 21.0. The third kappa shape index (κ3) is 2.48. The van der Waals surface area contributed by atoms with E-state index in [4.69, 9.17) is 10.5 Å². The molecule has 0 unspecified atom stereocenters. The fraction of sp³-hybridized carbons (Fsp3) is 0.438. The first-order valence-electron chi connectivity index (χ1n) is 7.36. The van der Waals surface area contributed by atoms with Gasteiger partial charge in [0.25, 0.3) is 0 Å². The highest BCUT2D eigenvalue weighted by atomic mass is 19.1. The van der Waals surface area contributed by atoms with E-state index in [1.165, 1.54) is 13.2 Å². The minimum absolute atomic E-state index is 0.229. The van der Waals surface area contributed by atoms with E-state index in [-0.39, 0.29) is 5.75 Å². The van der Waals surface area contributed by atoms with Crippen molar-refractivity contribution in [1.29, 1.82) is 0 Å². The van der Waals surface area contributed by atoms with Gasteiger partial charge in [-0.3, -0.25) is 0 Å². The molecule has 0 amide bonds. The van der Waals surface area contributed by atoms with Gasteiger partial charge in [0.1, 0.15) is 17.3 Å². The number of rotatable bonds is 5. The number of benzene rings is 1. The van der Waals surface area contributed by atoms with Gasteiger partial charge in [-0.25, -0.2) is 9.37 Å². The molecule has 2 aromatic rings. The first-order chi connectivity index (χ1) is 10.2. The van der Waals surface area contributed by atoms with Gasteiger partial charge >= 0.3 is 0 Å². The molecule has 0 saturated heterocycles. The van der Waals surface area contributed by atoms with Crippen molar-refractivity contribution in [3.05, 3.63) is 29.8 Å². The van der Waals surface area contributed by atoms with Crippen LogP contribution >= 0.6 is 0 Å². The second-order valence-electron chi connectivity index (χ2n) is 5.46. The summed E-state index contributed by atoms with van der Waals surface area (Å²) in [6, 6.07) is 5.31. The summed E-state index contributed by atoms with van der Waals surface area (Å²) >= 11 is 0. The monoisotopic (exact) mass is 289 g/mol. The maximum absolute atomic E-state index is 13.9. The molecular weight excluding hydrogens is 269 g/mol. The number of hydrogen-bond donors (Lipinski definition) is 1. The zero-order valence-electron chi connectivity index (χ0n) is 12.4. The lowest BCUT2D eigenvalue weighted by atomic mass is 10.1. The molecule has 0 radical (unpaired) electrons. The lowest BCUT2D eigenvalue weighted by molar-refractivity contribution is 0.386. The Balaban J connectivity index is 2.05. The van der Waals surface area contributed by atoms with Crippen LogP contribution in [0.15, 0.2) is 18.2 Å². The molecule has 0 atom stereocenters. The van der Waals surface area contributed by atoms with E-state index >= 15 is 0 Å². The molecular formula is C16H20FN3O. The number of anilines is 1. The average molecular weight is 289 g/mol. The normalized spacial score (nSPS) is 14.4.